The fraction of sp³-hybridized carbons (Fsp3) is 0. The number of hydrogen-bond donors (Lipinski definition) is 1. The number of fused-ring (bicyclic) bond motifs is 1. The molecule has 3 aromatic rings. The van der Waals surface area contributed by atoms with Gasteiger partial charge in [0.2, 0.25) is 0 Å². The maximum atomic E-state index is 5.76. The van der Waals surface area contributed by atoms with Crippen molar-refractivity contribution in [2.45, 2.75) is 0 Å². The third-order valence-electron chi connectivity index (χ3n) is 2.95. The molecular weight excluding hydrogens is 242 g/mol. The molecule has 18 heavy (non-hydrogen) atoms. The zero-order chi connectivity index (χ0) is 12.5. The second kappa shape index (κ2) is 4.23. The summed E-state index contributed by atoms with van der Waals surface area (Å²) in [5.41, 5.74) is 7.74. The highest BCUT2D eigenvalue weighted by Gasteiger charge is 2.08. The van der Waals surface area contributed by atoms with Crippen molar-refractivity contribution >= 4 is 28.0 Å². The Kier molecular flexibility index (Phi) is 2.57. The van der Waals surface area contributed by atoms with E-state index >= 15 is 0 Å². The molecule has 4 heteroatoms. The molecule has 1 aromatic heterocycles. The van der Waals surface area contributed by atoms with Gasteiger partial charge in [0.1, 0.15) is 4.99 Å². The summed E-state index contributed by atoms with van der Waals surface area (Å²) in [6.45, 7) is 0. The van der Waals surface area contributed by atoms with E-state index in [-0.39, 0.29) is 0 Å². The number of benzene rings is 2. The average Bonchev–Trinajstić information content (AvgIpc) is 2.91. The Balaban J connectivity index is 2.37. The van der Waals surface area contributed by atoms with Crippen LogP contribution < -0.4 is 5.73 Å². The van der Waals surface area contributed by atoms with E-state index in [1.807, 2.05) is 41.1 Å². The van der Waals surface area contributed by atoms with Crippen molar-refractivity contribution in [3.05, 3.63) is 60.7 Å². The van der Waals surface area contributed by atoms with Crippen LogP contribution >= 0.6 is 12.2 Å². The summed E-state index contributed by atoms with van der Waals surface area (Å²) in [4.78, 5) is 4.50. The van der Waals surface area contributed by atoms with Gasteiger partial charge in [0, 0.05) is 23.3 Å². The quantitative estimate of drug-likeness (QED) is 0.714. The number of rotatable bonds is 2. The van der Waals surface area contributed by atoms with Gasteiger partial charge in [-0.3, -0.25) is 0 Å². The Bertz CT molecular complexity index is 717. The van der Waals surface area contributed by atoms with E-state index in [4.69, 9.17) is 18.0 Å². The molecule has 2 aromatic carbocycles. The summed E-state index contributed by atoms with van der Waals surface area (Å²) in [6.07, 6.45) is 5.46. The molecule has 0 spiro atoms. The smallest absolute Gasteiger partial charge is 0.104 e. The molecule has 0 aliphatic heterocycles. The van der Waals surface area contributed by atoms with E-state index in [0.29, 0.717) is 4.99 Å². The topological polar surface area (TPSA) is 43.8 Å². The van der Waals surface area contributed by atoms with Gasteiger partial charge in [0.15, 0.2) is 0 Å². The summed E-state index contributed by atoms with van der Waals surface area (Å²) in [7, 11) is 0. The molecule has 0 amide bonds. The maximum absolute atomic E-state index is 5.76. The first-order chi connectivity index (χ1) is 8.77. The van der Waals surface area contributed by atoms with Crippen LogP contribution in [0, 0.1) is 0 Å². The highest BCUT2D eigenvalue weighted by molar-refractivity contribution is 7.80. The molecule has 0 saturated carbocycles. The molecule has 88 valence electrons. The fourth-order valence-corrected chi connectivity index (χ4v) is 2.30. The molecule has 2 N–H and O–H groups in total. The molecular formula is C14H11N3S. The first kappa shape index (κ1) is 10.9. The zero-order valence-corrected chi connectivity index (χ0v) is 10.4. The van der Waals surface area contributed by atoms with Crippen LogP contribution in [0.15, 0.2) is 55.1 Å². The van der Waals surface area contributed by atoms with Gasteiger partial charge in [-0.2, -0.15) is 0 Å². The molecule has 0 aliphatic carbocycles. The second-order valence-corrected chi connectivity index (χ2v) is 4.45. The first-order valence-corrected chi connectivity index (χ1v) is 5.98. The van der Waals surface area contributed by atoms with Crippen molar-refractivity contribution in [3.63, 3.8) is 0 Å². The molecule has 0 saturated heterocycles. The third kappa shape index (κ3) is 1.67. The Morgan fingerprint density at radius 1 is 1.11 bits per heavy atom. The minimum absolute atomic E-state index is 0.420. The highest BCUT2D eigenvalue weighted by Crippen LogP contribution is 2.25. The molecule has 0 atom stereocenters. The van der Waals surface area contributed by atoms with Gasteiger partial charge in [0.25, 0.3) is 0 Å². The molecule has 0 fully saturated rings. The molecule has 3 nitrogen and oxygen atoms in total. The fourth-order valence-electron chi connectivity index (χ4n) is 2.12. The Morgan fingerprint density at radius 2 is 1.89 bits per heavy atom. The minimum atomic E-state index is 0.420. The number of nitrogens with two attached hydrogens (primary N) is 1. The summed E-state index contributed by atoms with van der Waals surface area (Å²) in [6, 6.07) is 12.1. The number of aromatic nitrogens is 2. The monoisotopic (exact) mass is 253 g/mol. The number of nitrogens with zero attached hydrogens (tertiary/aromatic N) is 2. The number of imidazole rings is 1. The number of thiocarbonyl (C=S) groups is 1. The standard InChI is InChI=1S/C14H11N3S/c15-14(18)12-5-6-13(17-8-7-16-9-17)11-4-2-1-3-10(11)12/h1-9H,(H2,15,18). The second-order valence-electron chi connectivity index (χ2n) is 4.01. The predicted octanol–water partition coefficient (Wildman–Crippen LogP) is 2.66. The SMILES string of the molecule is NC(=S)c1ccc(-n2ccnc2)c2ccccc12. The lowest BCUT2D eigenvalue weighted by atomic mass is 10.0. The van der Waals surface area contributed by atoms with Gasteiger partial charge in [-0.15, -0.1) is 0 Å². The van der Waals surface area contributed by atoms with Crippen LogP contribution in [0.25, 0.3) is 16.5 Å². The van der Waals surface area contributed by atoms with E-state index in [2.05, 4.69) is 11.1 Å². The first-order valence-electron chi connectivity index (χ1n) is 5.57. The highest BCUT2D eigenvalue weighted by atomic mass is 32.1. The Morgan fingerprint density at radius 3 is 2.56 bits per heavy atom. The van der Waals surface area contributed by atoms with Gasteiger partial charge in [0.05, 0.1) is 12.0 Å². The maximum Gasteiger partial charge on any atom is 0.104 e. The summed E-state index contributed by atoms with van der Waals surface area (Å²) in [5, 5.41) is 2.18. The minimum Gasteiger partial charge on any atom is -0.389 e. The van der Waals surface area contributed by atoms with Gasteiger partial charge in [-0.25, -0.2) is 4.98 Å². The van der Waals surface area contributed by atoms with E-state index in [9.17, 15) is 0 Å². The molecule has 0 radical (unpaired) electrons. The lowest BCUT2D eigenvalue weighted by Gasteiger charge is -2.10. The van der Waals surface area contributed by atoms with E-state index in [0.717, 1.165) is 22.0 Å². The van der Waals surface area contributed by atoms with Crippen LogP contribution in [-0.2, 0) is 0 Å². The van der Waals surface area contributed by atoms with Crippen molar-refractivity contribution in [1.82, 2.24) is 9.55 Å². The molecule has 0 unspecified atom stereocenters. The van der Waals surface area contributed by atoms with Crippen LogP contribution in [-0.4, -0.2) is 14.5 Å². The van der Waals surface area contributed by atoms with E-state index in [1.54, 1.807) is 12.5 Å². The van der Waals surface area contributed by atoms with Gasteiger partial charge >= 0.3 is 0 Å². The van der Waals surface area contributed by atoms with Crippen molar-refractivity contribution in [2.24, 2.45) is 5.73 Å². The molecule has 3 rings (SSSR count). The molecule has 0 aliphatic rings. The van der Waals surface area contributed by atoms with Crippen LogP contribution in [0.5, 0.6) is 0 Å². The van der Waals surface area contributed by atoms with E-state index < -0.39 is 0 Å². The Hall–Kier alpha value is -2.20. The largest absolute Gasteiger partial charge is 0.389 e. The van der Waals surface area contributed by atoms with Crippen molar-refractivity contribution in [2.75, 3.05) is 0 Å². The van der Waals surface area contributed by atoms with Crippen molar-refractivity contribution < 1.29 is 0 Å². The van der Waals surface area contributed by atoms with Crippen LogP contribution in [0.3, 0.4) is 0 Å². The number of hydrogen-bond acceptors (Lipinski definition) is 2. The van der Waals surface area contributed by atoms with Gasteiger partial charge in [-0.1, -0.05) is 36.5 Å². The van der Waals surface area contributed by atoms with Crippen molar-refractivity contribution in [3.8, 4) is 5.69 Å². The van der Waals surface area contributed by atoms with Crippen LogP contribution in [0.1, 0.15) is 5.56 Å². The van der Waals surface area contributed by atoms with Crippen molar-refractivity contribution in [1.29, 1.82) is 0 Å². The lowest BCUT2D eigenvalue weighted by Crippen LogP contribution is -2.10. The molecule has 1 heterocycles. The summed E-state index contributed by atoms with van der Waals surface area (Å²) < 4.78 is 1.98. The van der Waals surface area contributed by atoms with Crippen LogP contribution in [0.4, 0.5) is 0 Å². The normalized spacial score (nSPS) is 10.7. The zero-order valence-electron chi connectivity index (χ0n) is 9.58. The lowest BCUT2D eigenvalue weighted by molar-refractivity contribution is 1.07. The van der Waals surface area contributed by atoms with Gasteiger partial charge < -0.3 is 10.3 Å². The molecule has 0 bridgehead atoms. The summed E-state index contributed by atoms with van der Waals surface area (Å²) in [5.74, 6) is 0. The van der Waals surface area contributed by atoms with Gasteiger partial charge in [-0.05, 0) is 17.5 Å². The van der Waals surface area contributed by atoms with E-state index in [1.165, 1.54) is 0 Å². The third-order valence-corrected chi connectivity index (χ3v) is 3.17. The summed E-state index contributed by atoms with van der Waals surface area (Å²) >= 11 is 5.09. The Labute approximate surface area is 110 Å². The van der Waals surface area contributed by atoms with Crippen LogP contribution in [0.2, 0.25) is 0 Å². The average molecular weight is 253 g/mol. The predicted molar refractivity (Wildman–Crippen MR) is 77.0 cm³/mol.